The third-order valence-electron chi connectivity index (χ3n) is 4.23. The van der Waals surface area contributed by atoms with Gasteiger partial charge in [0, 0.05) is 15.3 Å². The highest BCUT2D eigenvalue weighted by Gasteiger charge is 2.30. The van der Waals surface area contributed by atoms with Crippen LogP contribution in [-0.4, -0.2) is 6.04 Å². The van der Waals surface area contributed by atoms with Gasteiger partial charge < -0.3 is 5.32 Å². The molecule has 0 amide bonds. The van der Waals surface area contributed by atoms with Crippen LogP contribution in [0.1, 0.15) is 35.4 Å². The Labute approximate surface area is 134 Å². The number of nitrogens with one attached hydrogen (secondary N) is 1. The Morgan fingerprint density at radius 1 is 1.00 bits per heavy atom. The molecule has 2 aromatic rings. The van der Waals surface area contributed by atoms with Crippen molar-refractivity contribution in [1.29, 1.82) is 0 Å². The van der Waals surface area contributed by atoms with Gasteiger partial charge in [-0.1, -0.05) is 29.8 Å². The van der Waals surface area contributed by atoms with E-state index in [0.717, 1.165) is 5.92 Å². The van der Waals surface area contributed by atoms with Crippen LogP contribution in [-0.2, 0) is 0 Å². The van der Waals surface area contributed by atoms with Crippen LogP contribution < -0.4 is 5.32 Å². The molecule has 1 aliphatic carbocycles. The fourth-order valence-electron chi connectivity index (χ4n) is 2.86. The highest BCUT2D eigenvalue weighted by Crippen LogP contribution is 2.38. The lowest BCUT2D eigenvalue weighted by Gasteiger charge is -2.37. The summed E-state index contributed by atoms with van der Waals surface area (Å²) in [6.45, 7) is 4.33. The molecule has 1 saturated carbocycles. The van der Waals surface area contributed by atoms with E-state index in [-0.39, 0.29) is 0 Å². The van der Waals surface area contributed by atoms with Crippen LogP contribution in [0.3, 0.4) is 0 Å². The average molecular weight is 377 g/mol. The fourth-order valence-corrected chi connectivity index (χ4v) is 3.50. The van der Waals surface area contributed by atoms with Gasteiger partial charge in [-0.25, -0.2) is 0 Å². The van der Waals surface area contributed by atoms with Crippen LogP contribution >= 0.6 is 22.6 Å². The summed E-state index contributed by atoms with van der Waals surface area (Å²) in [5, 5.41) is 3.68. The van der Waals surface area contributed by atoms with Crippen molar-refractivity contribution in [3.05, 3.63) is 62.7 Å². The maximum Gasteiger partial charge on any atom is 0.0372 e. The predicted molar refractivity (Wildman–Crippen MR) is 94.5 cm³/mol. The highest BCUT2D eigenvalue weighted by atomic mass is 127. The summed E-state index contributed by atoms with van der Waals surface area (Å²) in [6, 6.07) is 16.2. The molecule has 0 unspecified atom stereocenters. The second-order valence-electron chi connectivity index (χ2n) is 5.88. The van der Waals surface area contributed by atoms with Crippen LogP contribution in [0.15, 0.2) is 42.5 Å². The first-order chi connectivity index (χ1) is 9.61. The molecule has 0 saturated heterocycles. The van der Waals surface area contributed by atoms with E-state index in [0.29, 0.717) is 6.04 Å². The van der Waals surface area contributed by atoms with Gasteiger partial charge in [-0.2, -0.15) is 0 Å². The standard InChI is InChI=1S/C18H20IN/c1-12-3-5-14(6-4-12)15-10-17(11-15)20-18-8-7-16(19)9-13(18)2/h3-9,15,17,20H,10-11H2,1-2H3. The van der Waals surface area contributed by atoms with Gasteiger partial charge in [0.2, 0.25) is 0 Å². The van der Waals surface area contributed by atoms with Crippen LogP contribution in [0.2, 0.25) is 0 Å². The lowest BCUT2D eigenvalue weighted by Crippen LogP contribution is -2.34. The van der Waals surface area contributed by atoms with Gasteiger partial charge in [0.1, 0.15) is 0 Å². The van der Waals surface area contributed by atoms with Gasteiger partial charge in [-0.15, -0.1) is 0 Å². The van der Waals surface area contributed by atoms with E-state index < -0.39 is 0 Å². The van der Waals surface area contributed by atoms with Crippen LogP contribution in [0.5, 0.6) is 0 Å². The van der Waals surface area contributed by atoms with Gasteiger partial charge in [0.15, 0.2) is 0 Å². The molecule has 1 nitrogen and oxygen atoms in total. The SMILES string of the molecule is Cc1ccc(C2CC(Nc3ccc(I)cc3C)C2)cc1. The van der Waals surface area contributed by atoms with Crippen molar-refractivity contribution in [1.82, 2.24) is 0 Å². The van der Waals surface area contributed by atoms with Crippen molar-refractivity contribution >= 4 is 28.3 Å². The average Bonchev–Trinajstić information content (AvgIpc) is 2.37. The van der Waals surface area contributed by atoms with E-state index in [2.05, 4.69) is 84.2 Å². The molecule has 2 heteroatoms. The topological polar surface area (TPSA) is 12.0 Å². The second-order valence-corrected chi connectivity index (χ2v) is 7.13. The zero-order chi connectivity index (χ0) is 14.1. The molecule has 0 bridgehead atoms. The van der Waals surface area contributed by atoms with E-state index in [1.54, 1.807) is 0 Å². The first kappa shape index (κ1) is 13.9. The lowest BCUT2D eigenvalue weighted by atomic mass is 9.75. The minimum absolute atomic E-state index is 0.625. The van der Waals surface area contributed by atoms with Gasteiger partial charge in [-0.05, 0) is 84.5 Å². The van der Waals surface area contributed by atoms with Crippen molar-refractivity contribution in [2.45, 2.75) is 38.6 Å². The third-order valence-corrected chi connectivity index (χ3v) is 4.91. The molecule has 104 valence electrons. The summed E-state index contributed by atoms with van der Waals surface area (Å²) < 4.78 is 1.30. The molecular weight excluding hydrogens is 357 g/mol. The molecule has 0 atom stereocenters. The van der Waals surface area contributed by atoms with Crippen molar-refractivity contribution in [2.75, 3.05) is 5.32 Å². The number of hydrogen-bond donors (Lipinski definition) is 1. The molecule has 1 N–H and O–H groups in total. The first-order valence-corrected chi connectivity index (χ1v) is 8.29. The normalized spacial score (nSPS) is 21.4. The molecule has 0 aromatic heterocycles. The van der Waals surface area contributed by atoms with Gasteiger partial charge in [0.25, 0.3) is 0 Å². The number of anilines is 1. The zero-order valence-corrected chi connectivity index (χ0v) is 14.1. The van der Waals surface area contributed by atoms with E-state index >= 15 is 0 Å². The number of halogens is 1. The minimum Gasteiger partial charge on any atom is -0.382 e. The number of benzene rings is 2. The molecule has 2 aromatic carbocycles. The molecule has 1 aliphatic rings. The summed E-state index contributed by atoms with van der Waals surface area (Å²) in [6.07, 6.45) is 2.49. The van der Waals surface area contributed by atoms with E-state index in [4.69, 9.17) is 0 Å². The Morgan fingerprint density at radius 3 is 2.35 bits per heavy atom. The summed E-state index contributed by atoms with van der Waals surface area (Å²) in [5.41, 5.74) is 5.47. The maximum atomic E-state index is 3.68. The van der Waals surface area contributed by atoms with Crippen molar-refractivity contribution in [2.24, 2.45) is 0 Å². The lowest BCUT2D eigenvalue weighted by molar-refractivity contribution is 0.374. The number of rotatable bonds is 3. The summed E-state index contributed by atoms with van der Waals surface area (Å²) in [4.78, 5) is 0. The Bertz CT molecular complexity index is 597. The molecule has 0 heterocycles. The third kappa shape index (κ3) is 3.00. The van der Waals surface area contributed by atoms with Crippen LogP contribution in [0.25, 0.3) is 0 Å². The van der Waals surface area contributed by atoms with Crippen LogP contribution in [0.4, 0.5) is 5.69 Å². The Morgan fingerprint density at radius 2 is 1.70 bits per heavy atom. The summed E-state index contributed by atoms with van der Waals surface area (Å²) >= 11 is 2.36. The van der Waals surface area contributed by atoms with Crippen molar-refractivity contribution < 1.29 is 0 Å². The summed E-state index contributed by atoms with van der Waals surface area (Å²) in [5.74, 6) is 0.734. The highest BCUT2D eigenvalue weighted by molar-refractivity contribution is 14.1. The zero-order valence-electron chi connectivity index (χ0n) is 12.0. The molecule has 3 rings (SSSR count). The Balaban J connectivity index is 1.59. The van der Waals surface area contributed by atoms with E-state index in [9.17, 15) is 0 Å². The smallest absolute Gasteiger partial charge is 0.0372 e. The minimum atomic E-state index is 0.625. The molecular formula is C18H20IN. The van der Waals surface area contributed by atoms with E-state index in [1.165, 1.54) is 38.8 Å². The maximum absolute atomic E-state index is 3.68. The first-order valence-electron chi connectivity index (χ1n) is 7.21. The quantitative estimate of drug-likeness (QED) is 0.719. The fraction of sp³-hybridized carbons (Fsp3) is 0.333. The Hall–Kier alpha value is -1.03. The molecule has 0 spiro atoms. The summed E-state index contributed by atoms with van der Waals surface area (Å²) in [7, 11) is 0. The van der Waals surface area contributed by atoms with E-state index in [1.807, 2.05) is 0 Å². The number of aryl methyl sites for hydroxylation is 2. The molecule has 20 heavy (non-hydrogen) atoms. The molecule has 0 radical (unpaired) electrons. The molecule has 1 fully saturated rings. The molecule has 0 aliphatic heterocycles. The van der Waals surface area contributed by atoms with Crippen molar-refractivity contribution in [3.63, 3.8) is 0 Å². The Kier molecular flexibility index (Phi) is 4.01. The van der Waals surface area contributed by atoms with Gasteiger partial charge in [-0.3, -0.25) is 0 Å². The predicted octanol–water partition coefficient (Wildman–Crippen LogP) is 5.27. The monoisotopic (exact) mass is 377 g/mol. The van der Waals surface area contributed by atoms with Crippen molar-refractivity contribution in [3.8, 4) is 0 Å². The second kappa shape index (κ2) is 5.76. The van der Waals surface area contributed by atoms with Gasteiger partial charge in [0.05, 0.1) is 0 Å². The van der Waals surface area contributed by atoms with Crippen LogP contribution in [0, 0.1) is 17.4 Å². The van der Waals surface area contributed by atoms with Gasteiger partial charge >= 0.3 is 0 Å². The number of hydrogen-bond acceptors (Lipinski definition) is 1. The largest absolute Gasteiger partial charge is 0.382 e.